The molecule has 0 rings (SSSR count). The third-order valence-corrected chi connectivity index (χ3v) is 3.87. The van der Waals surface area contributed by atoms with Crippen LogP contribution in [-0.2, 0) is 0 Å². The first-order valence-corrected chi connectivity index (χ1v) is 9.74. The Hall–Kier alpha value is 1.06. The largest absolute Gasteiger partial charge is 0.211 e. The molecule has 0 spiro atoms. The molecule has 0 amide bonds. The van der Waals surface area contributed by atoms with Crippen molar-refractivity contribution in [2.45, 2.75) is 103 Å². The molecule has 0 aromatic heterocycles. The van der Waals surface area contributed by atoms with Gasteiger partial charge in [0.2, 0.25) is 16.3 Å². The zero-order valence-electron chi connectivity index (χ0n) is 13.2. The Morgan fingerprint density at radius 2 is 0.778 bits per heavy atom. The fourth-order valence-corrected chi connectivity index (χ4v) is 2.38. The Labute approximate surface area is 136 Å². The Balaban J connectivity index is -0.000000238. The quantitative estimate of drug-likeness (QED) is 0.385. The molecule has 0 saturated carbocycles. The van der Waals surface area contributed by atoms with Crippen molar-refractivity contribution in [2.24, 2.45) is 0 Å². The summed E-state index contributed by atoms with van der Waals surface area (Å²) in [4.78, 5) is 0. The van der Waals surface area contributed by atoms with Gasteiger partial charge in [0.05, 0.1) is 0 Å². The van der Waals surface area contributed by atoms with Crippen molar-refractivity contribution in [1.29, 1.82) is 0 Å². The third-order valence-electron chi connectivity index (χ3n) is 3.16. The zero-order chi connectivity index (χ0) is 13.2. The lowest BCUT2D eigenvalue weighted by molar-refractivity contribution is 0.624. The molecule has 0 saturated heterocycles. The molecule has 0 N–H and O–H groups in total. The molecule has 0 fully saturated rings. The van der Waals surface area contributed by atoms with Gasteiger partial charge in [-0.25, -0.2) is 0 Å². The lowest BCUT2D eigenvalue weighted by Gasteiger charge is -1.96. The highest BCUT2D eigenvalue weighted by molar-refractivity contribution is 6.08. The van der Waals surface area contributed by atoms with Crippen LogP contribution >= 0.6 is 0 Å². The van der Waals surface area contributed by atoms with Crippen LogP contribution in [0.25, 0.3) is 0 Å². The van der Waals surface area contributed by atoms with Gasteiger partial charge in [0, 0.05) is 0 Å². The van der Waals surface area contributed by atoms with E-state index in [2.05, 4.69) is 20.8 Å². The maximum absolute atomic E-state index is 2.27. The molecule has 0 aliphatic carbocycles. The first-order valence-electron chi connectivity index (χ1n) is 8.33. The Kier molecular flexibility index (Phi) is 35.6. The van der Waals surface area contributed by atoms with E-state index in [1.807, 2.05) is 0 Å². The molecule has 0 bridgehead atoms. The number of hydrogen-bond acceptors (Lipinski definition) is 0. The summed E-state index contributed by atoms with van der Waals surface area (Å²) in [7, 11) is 0. The SMILES string of the molecule is CCCCCCCC.CCCCCCC[CH2][AlH2].[AlH3]. The van der Waals surface area contributed by atoms with Gasteiger partial charge in [-0.05, 0) is 0 Å². The standard InChI is InChI=1S/C8H18.C8H17.2Al.5H/c2*1-3-5-7-8-6-4-2;;;;;;;/h3-8H2,1-2H3;1,3-8H2,2H3;;;;;;;. The summed E-state index contributed by atoms with van der Waals surface area (Å²) >= 11 is 1.41. The summed E-state index contributed by atoms with van der Waals surface area (Å²) in [5, 5.41) is 1.51. The average Bonchev–Trinajstić information content (AvgIpc) is 2.36. The summed E-state index contributed by atoms with van der Waals surface area (Å²) in [6.45, 7) is 6.78. The molecule has 0 radical (unpaired) electrons. The Morgan fingerprint density at radius 1 is 0.500 bits per heavy atom. The molecule has 110 valence electrons. The molecule has 0 aliphatic rings. The van der Waals surface area contributed by atoms with Crippen LogP contribution in [0.5, 0.6) is 0 Å². The van der Waals surface area contributed by atoms with Gasteiger partial charge in [-0.2, -0.15) is 0 Å². The van der Waals surface area contributed by atoms with Gasteiger partial charge >= 0.3 is 0 Å². The van der Waals surface area contributed by atoms with Crippen molar-refractivity contribution in [3.8, 4) is 0 Å². The first-order chi connectivity index (χ1) is 8.33. The summed E-state index contributed by atoms with van der Waals surface area (Å²) in [6, 6.07) is 0. The highest BCUT2D eigenvalue weighted by Gasteiger charge is 1.86. The van der Waals surface area contributed by atoms with Crippen LogP contribution in [0.15, 0.2) is 0 Å². The van der Waals surface area contributed by atoms with Gasteiger partial charge in [0.1, 0.15) is 0 Å². The van der Waals surface area contributed by atoms with Crippen molar-refractivity contribution in [2.75, 3.05) is 0 Å². The van der Waals surface area contributed by atoms with Crippen LogP contribution in [0.4, 0.5) is 0 Å². The second kappa shape index (κ2) is 26.6. The van der Waals surface area contributed by atoms with E-state index in [4.69, 9.17) is 0 Å². The van der Waals surface area contributed by atoms with Gasteiger partial charge in [-0.1, -0.05) is 97.8 Å². The number of unbranched alkanes of at least 4 members (excludes halogenated alkanes) is 10. The summed E-state index contributed by atoms with van der Waals surface area (Å²) < 4.78 is 0. The molecule has 0 atom stereocenters. The average molecular weight is 286 g/mol. The molecular formula is C16H40Al2. The lowest BCUT2D eigenvalue weighted by atomic mass is 10.1. The smallest absolute Gasteiger partial charge is 0.101 e. The van der Waals surface area contributed by atoms with Gasteiger partial charge in [0.15, 0.2) is 17.4 Å². The maximum Gasteiger partial charge on any atom is 0.211 e. The van der Waals surface area contributed by atoms with E-state index in [9.17, 15) is 0 Å². The van der Waals surface area contributed by atoms with Crippen molar-refractivity contribution in [3.63, 3.8) is 0 Å². The monoisotopic (exact) mass is 286 g/mol. The van der Waals surface area contributed by atoms with Crippen LogP contribution in [-0.4, -0.2) is 33.7 Å². The topological polar surface area (TPSA) is 0 Å². The first kappa shape index (κ1) is 24.1. The second-order valence-electron chi connectivity index (χ2n) is 5.18. The number of hydrogen-bond donors (Lipinski definition) is 0. The second-order valence-corrected chi connectivity index (χ2v) is 6.18. The highest BCUT2D eigenvalue weighted by atomic mass is 27.0. The van der Waals surface area contributed by atoms with E-state index in [-0.39, 0.29) is 17.4 Å². The molecule has 0 aliphatic heterocycles. The molecule has 2 heteroatoms. The van der Waals surface area contributed by atoms with Crippen molar-refractivity contribution in [1.82, 2.24) is 0 Å². The molecule has 18 heavy (non-hydrogen) atoms. The van der Waals surface area contributed by atoms with Crippen LogP contribution in [0.2, 0.25) is 5.28 Å². The molecule has 0 unspecified atom stereocenters. The van der Waals surface area contributed by atoms with E-state index in [0.717, 1.165) is 0 Å². The van der Waals surface area contributed by atoms with Crippen LogP contribution in [0, 0.1) is 0 Å². The van der Waals surface area contributed by atoms with Gasteiger partial charge in [-0.3, -0.25) is 0 Å². The minimum atomic E-state index is 0. The van der Waals surface area contributed by atoms with E-state index in [1.165, 1.54) is 98.6 Å². The van der Waals surface area contributed by atoms with Gasteiger partial charge < -0.3 is 0 Å². The molecule has 0 aromatic carbocycles. The lowest BCUT2D eigenvalue weighted by Crippen LogP contribution is -1.77. The molecular weight excluding hydrogens is 246 g/mol. The van der Waals surface area contributed by atoms with Crippen LogP contribution < -0.4 is 0 Å². The van der Waals surface area contributed by atoms with Crippen molar-refractivity contribution < 1.29 is 0 Å². The minimum absolute atomic E-state index is 0. The van der Waals surface area contributed by atoms with E-state index < -0.39 is 0 Å². The van der Waals surface area contributed by atoms with E-state index in [0.29, 0.717) is 0 Å². The van der Waals surface area contributed by atoms with Crippen LogP contribution in [0.3, 0.4) is 0 Å². The Morgan fingerprint density at radius 3 is 1.06 bits per heavy atom. The summed E-state index contributed by atoms with van der Waals surface area (Å²) in [6.07, 6.45) is 17.2. The normalized spacial score (nSPS) is 9.28. The molecule has 0 aromatic rings. The highest BCUT2D eigenvalue weighted by Crippen LogP contribution is 2.05. The zero-order valence-corrected chi connectivity index (χ0v) is 15.2. The Bertz CT molecular complexity index is 93.3. The third kappa shape index (κ3) is 30.3. The maximum atomic E-state index is 2.27. The number of rotatable bonds is 11. The van der Waals surface area contributed by atoms with Gasteiger partial charge in [0.25, 0.3) is 0 Å². The summed E-state index contributed by atoms with van der Waals surface area (Å²) in [5.74, 6) is 0. The van der Waals surface area contributed by atoms with E-state index >= 15 is 0 Å². The fraction of sp³-hybridized carbons (Fsp3) is 1.00. The predicted molar refractivity (Wildman–Crippen MR) is 95.7 cm³/mol. The van der Waals surface area contributed by atoms with Crippen molar-refractivity contribution in [3.05, 3.63) is 0 Å². The molecule has 0 nitrogen and oxygen atoms in total. The van der Waals surface area contributed by atoms with Crippen molar-refractivity contribution >= 4 is 33.7 Å². The predicted octanol–water partition coefficient (Wildman–Crippen LogP) is 4.58. The summed E-state index contributed by atoms with van der Waals surface area (Å²) in [5.41, 5.74) is 0. The van der Waals surface area contributed by atoms with E-state index in [1.54, 1.807) is 0 Å². The minimum Gasteiger partial charge on any atom is -0.101 e. The molecule has 0 heterocycles. The van der Waals surface area contributed by atoms with Crippen LogP contribution in [0.1, 0.15) is 97.8 Å². The van der Waals surface area contributed by atoms with Gasteiger partial charge in [-0.15, -0.1) is 5.28 Å². The fourth-order valence-electron chi connectivity index (χ4n) is 1.88.